The number of nitro groups is 1. The van der Waals surface area contributed by atoms with Gasteiger partial charge in [-0.15, -0.1) is 5.10 Å². The molecule has 0 aliphatic rings. The first-order valence-corrected chi connectivity index (χ1v) is 6.19. The summed E-state index contributed by atoms with van der Waals surface area (Å²) in [6.45, 7) is 2.08. The number of rotatable bonds is 5. The molecule has 21 heavy (non-hydrogen) atoms. The molecule has 0 aliphatic carbocycles. The number of nitrogens with one attached hydrogen (secondary N) is 1. The molecule has 0 unspecified atom stereocenters. The summed E-state index contributed by atoms with van der Waals surface area (Å²) in [6, 6.07) is 5.70. The molecule has 0 saturated carbocycles. The molecule has 110 valence electrons. The zero-order valence-electron chi connectivity index (χ0n) is 11.3. The van der Waals surface area contributed by atoms with Crippen LogP contribution in [0.5, 0.6) is 0 Å². The number of non-ortho nitro benzene ring substituents is 1. The second-order valence-corrected chi connectivity index (χ2v) is 4.44. The van der Waals surface area contributed by atoms with Crippen molar-refractivity contribution in [1.82, 2.24) is 20.3 Å². The molecule has 2 rings (SSSR count). The highest BCUT2D eigenvalue weighted by Crippen LogP contribution is 2.15. The van der Waals surface area contributed by atoms with Gasteiger partial charge in [-0.2, -0.15) is 0 Å². The average Bonchev–Trinajstić information content (AvgIpc) is 2.97. The Morgan fingerprint density at radius 3 is 3.00 bits per heavy atom. The second kappa shape index (κ2) is 6.09. The molecular weight excluding hydrogens is 276 g/mol. The van der Waals surface area contributed by atoms with E-state index in [-0.39, 0.29) is 17.4 Å². The Morgan fingerprint density at radius 1 is 1.57 bits per heavy atom. The standard InChI is InChI=1S/C12H14N6O3/c1-8(6-13)14-12(19)11-7-17(16-15-11)9-3-2-4-10(5-9)18(20)21/h2-5,7-8H,6,13H2,1H3,(H,14,19)/t8-/m0/s1. The van der Waals surface area contributed by atoms with E-state index in [1.807, 2.05) is 0 Å². The van der Waals surface area contributed by atoms with Gasteiger partial charge in [0.2, 0.25) is 0 Å². The van der Waals surface area contributed by atoms with E-state index in [9.17, 15) is 14.9 Å². The minimum Gasteiger partial charge on any atom is -0.347 e. The fourth-order valence-electron chi connectivity index (χ4n) is 1.60. The molecule has 1 amide bonds. The molecule has 9 heteroatoms. The summed E-state index contributed by atoms with van der Waals surface area (Å²) in [7, 11) is 0. The fraction of sp³-hybridized carbons (Fsp3) is 0.250. The third kappa shape index (κ3) is 3.39. The molecule has 1 aromatic heterocycles. The van der Waals surface area contributed by atoms with E-state index in [2.05, 4.69) is 15.6 Å². The van der Waals surface area contributed by atoms with Gasteiger partial charge in [0.1, 0.15) is 0 Å². The van der Waals surface area contributed by atoms with Gasteiger partial charge in [0, 0.05) is 24.7 Å². The number of carbonyl (C=O) groups excluding carboxylic acids is 1. The van der Waals surface area contributed by atoms with E-state index < -0.39 is 10.8 Å². The van der Waals surface area contributed by atoms with E-state index in [0.717, 1.165) is 0 Å². The molecule has 0 spiro atoms. The molecular formula is C12H14N6O3. The monoisotopic (exact) mass is 290 g/mol. The van der Waals surface area contributed by atoms with Crippen LogP contribution >= 0.6 is 0 Å². The third-order valence-electron chi connectivity index (χ3n) is 2.76. The quantitative estimate of drug-likeness (QED) is 0.600. The number of nitro benzene ring substituents is 1. The van der Waals surface area contributed by atoms with Crippen LogP contribution in [0, 0.1) is 10.1 Å². The van der Waals surface area contributed by atoms with Crippen molar-refractivity contribution in [3.05, 3.63) is 46.3 Å². The molecule has 9 nitrogen and oxygen atoms in total. The van der Waals surface area contributed by atoms with Crippen LogP contribution in [0.2, 0.25) is 0 Å². The lowest BCUT2D eigenvalue weighted by molar-refractivity contribution is -0.384. The van der Waals surface area contributed by atoms with Crippen molar-refractivity contribution >= 4 is 11.6 Å². The number of carbonyl (C=O) groups is 1. The molecule has 0 aliphatic heterocycles. The highest BCUT2D eigenvalue weighted by atomic mass is 16.6. The molecule has 0 bridgehead atoms. The van der Waals surface area contributed by atoms with E-state index in [1.54, 1.807) is 13.0 Å². The largest absolute Gasteiger partial charge is 0.347 e. The van der Waals surface area contributed by atoms with Crippen molar-refractivity contribution < 1.29 is 9.72 Å². The number of nitrogens with zero attached hydrogens (tertiary/aromatic N) is 4. The van der Waals surface area contributed by atoms with Crippen LogP contribution in [-0.2, 0) is 0 Å². The van der Waals surface area contributed by atoms with Gasteiger partial charge in [-0.25, -0.2) is 4.68 Å². The van der Waals surface area contributed by atoms with Crippen molar-refractivity contribution in [1.29, 1.82) is 0 Å². The summed E-state index contributed by atoms with van der Waals surface area (Å²) in [5, 5.41) is 20.9. The van der Waals surface area contributed by atoms with Gasteiger partial charge in [-0.3, -0.25) is 14.9 Å². The SMILES string of the molecule is C[C@@H](CN)NC(=O)c1cn(-c2cccc([N+](=O)[O-])c2)nn1. The number of amides is 1. The predicted molar refractivity (Wildman–Crippen MR) is 74.0 cm³/mol. The molecule has 3 N–H and O–H groups in total. The maximum Gasteiger partial charge on any atom is 0.273 e. The minimum absolute atomic E-state index is 0.0641. The van der Waals surface area contributed by atoms with E-state index in [4.69, 9.17) is 5.73 Å². The van der Waals surface area contributed by atoms with Crippen LogP contribution in [0.15, 0.2) is 30.5 Å². The van der Waals surface area contributed by atoms with Crippen LogP contribution in [0.1, 0.15) is 17.4 Å². The van der Waals surface area contributed by atoms with Crippen LogP contribution in [0.3, 0.4) is 0 Å². The lowest BCUT2D eigenvalue weighted by atomic mass is 10.3. The third-order valence-corrected chi connectivity index (χ3v) is 2.76. The number of hydrogen-bond acceptors (Lipinski definition) is 6. The molecule has 1 heterocycles. The number of hydrogen-bond donors (Lipinski definition) is 2. The summed E-state index contributed by atoms with van der Waals surface area (Å²) in [4.78, 5) is 22.1. The van der Waals surface area contributed by atoms with Gasteiger partial charge in [0.05, 0.1) is 16.8 Å². The summed E-state index contributed by atoms with van der Waals surface area (Å²) < 4.78 is 1.30. The summed E-state index contributed by atoms with van der Waals surface area (Å²) in [5.41, 5.74) is 5.92. The first kappa shape index (κ1) is 14.6. The zero-order chi connectivity index (χ0) is 15.4. The maximum atomic E-state index is 11.8. The molecule has 1 atom stereocenters. The van der Waals surface area contributed by atoms with Crippen molar-refractivity contribution in [3.63, 3.8) is 0 Å². The molecule has 0 fully saturated rings. The molecule has 1 aromatic carbocycles. The summed E-state index contributed by atoms with van der Waals surface area (Å²) >= 11 is 0. The van der Waals surface area contributed by atoms with Crippen molar-refractivity contribution in [2.75, 3.05) is 6.54 Å². The number of benzene rings is 1. The Labute approximate surface area is 119 Å². The highest BCUT2D eigenvalue weighted by molar-refractivity contribution is 5.92. The van der Waals surface area contributed by atoms with Crippen molar-refractivity contribution in [2.45, 2.75) is 13.0 Å². The van der Waals surface area contributed by atoms with Gasteiger partial charge in [-0.05, 0) is 13.0 Å². The maximum absolute atomic E-state index is 11.8. The lowest BCUT2D eigenvalue weighted by Gasteiger charge is -2.08. The Balaban J connectivity index is 2.22. The normalized spacial score (nSPS) is 11.9. The van der Waals surface area contributed by atoms with Crippen molar-refractivity contribution in [3.8, 4) is 5.69 Å². The zero-order valence-corrected chi connectivity index (χ0v) is 11.3. The Hall–Kier alpha value is -2.81. The topological polar surface area (TPSA) is 129 Å². The predicted octanol–water partition coefficient (Wildman–Crippen LogP) is 0.252. The molecule has 0 saturated heterocycles. The Morgan fingerprint density at radius 2 is 2.33 bits per heavy atom. The van der Waals surface area contributed by atoms with Crippen LogP contribution in [0.4, 0.5) is 5.69 Å². The minimum atomic E-state index is -0.503. The number of nitrogens with two attached hydrogens (primary N) is 1. The van der Waals surface area contributed by atoms with Gasteiger partial charge >= 0.3 is 0 Å². The number of aromatic nitrogens is 3. The second-order valence-electron chi connectivity index (χ2n) is 4.44. The van der Waals surface area contributed by atoms with E-state index >= 15 is 0 Å². The molecule has 0 radical (unpaired) electrons. The van der Waals surface area contributed by atoms with Gasteiger partial charge in [-0.1, -0.05) is 11.3 Å². The summed E-state index contributed by atoms with van der Waals surface area (Å²) in [6.07, 6.45) is 1.40. The average molecular weight is 290 g/mol. The lowest BCUT2D eigenvalue weighted by Crippen LogP contribution is -2.37. The Bertz CT molecular complexity index is 669. The van der Waals surface area contributed by atoms with Gasteiger partial charge < -0.3 is 11.1 Å². The highest BCUT2D eigenvalue weighted by Gasteiger charge is 2.14. The van der Waals surface area contributed by atoms with E-state index in [1.165, 1.54) is 29.1 Å². The summed E-state index contributed by atoms with van der Waals surface area (Å²) in [5.74, 6) is -0.398. The van der Waals surface area contributed by atoms with Crippen LogP contribution in [-0.4, -0.2) is 38.4 Å². The van der Waals surface area contributed by atoms with Crippen LogP contribution < -0.4 is 11.1 Å². The first-order valence-electron chi connectivity index (χ1n) is 6.19. The fourth-order valence-corrected chi connectivity index (χ4v) is 1.60. The molecule has 2 aromatic rings. The van der Waals surface area contributed by atoms with Gasteiger partial charge in [0.25, 0.3) is 11.6 Å². The Kier molecular flexibility index (Phi) is 4.24. The van der Waals surface area contributed by atoms with E-state index in [0.29, 0.717) is 12.2 Å². The van der Waals surface area contributed by atoms with Crippen LogP contribution in [0.25, 0.3) is 5.69 Å². The first-order chi connectivity index (χ1) is 10.0. The van der Waals surface area contributed by atoms with Gasteiger partial charge in [0.15, 0.2) is 5.69 Å². The smallest absolute Gasteiger partial charge is 0.273 e. The van der Waals surface area contributed by atoms with Crippen molar-refractivity contribution in [2.24, 2.45) is 5.73 Å².